The highest BCUT2D eigenvalue weighted by Crippen LogP contribution is 2.24. The van der Waals surface area contributed by atoms with Crippen LogP contribution in [0, 0.1) is 19.3 Å². The fourth-order valence-electron chi connectivity index (χ4n) is 6.76. The Morgan fingerprint density at radius 3 is 1.47 bits per heavy atom. The number of allylic oxidation sites excluding steroid dienone is 1. The molecule has 3 N–H and O–H groups in total. The highest BCUT2D eigenvalue weighted by atomic mass is 79.9. The van der Waals surface area contributed by atoms with Gasteiger partial charge in [0.15, 0.2) is 5.17 Å². The molecule has 7 aromatic rings. The molecular formula is C53H62BrN5O6S. The molecule has 3 aromatic heterocycles. The molecular weight excluding hydrogens is 915 g/mol. The first-order valence-electron chi connectivity index (χ1n) is 21.7. The van der Waals surface area contributed by atoms with Crippen LogP contribution in [0.2, 0.25) is 0 Å². The number of carbonyl (C=O) groups is 3. The van der Waals surface area contributed by atoms with Gasteiger partial charge in [0.05, 0.1) is 16.6 Å². The number of hydrogen-bond acceptors (Lipinski definition) is 8. The molecule has 66 heavy (non-hydrogen) atoms. The van der Waals surface area contributed by atoms with Crippen molar-refractivity contribution in [3.63, 3.8) is 0 Å². The van der Waals surface area contributed by atoms with Crippen molar-refractivity contribution in [3.8, 4) is 0 Å². The van der Waals surface area contributed by atoms with E-state index in [9.17, 15) is 14.4 Å². The van der Waals surface area contributed by atoms with Crippen molar-refractivity contribution in [3.05, 3.63) is 149 Å². The molecule has 8 rings (SSSR count). The van der Waals surface area contributed by atoms with E-state index in [4.69, 9.17) is 25.4 Å². The lowest BCUT2D eigenvalue weighted by atomic mass is 10.1. The number of nitrogens with zero attached hydrogens (tertiary/aromatic N) is 3. The summed E-state index contributed by atoms with van der Waals surface area (Å²) in [5.41, 5.74) is 14.1. The first kappa shape index (κ1) is 50.9. The van der Waals surface area contributed by atoms with E-state index >= 15 is 0 Å². The number of thioether (sulfide) groups is 1. The summed E-state index contributed by atoms with van der Waals surface area (Å²) < 4.78 is 20.7. The lowest BCUT2D eigenvalue weighted by molar-refractivity contribution is 0.0533. The quantitative estimate of drug-likeness (QED) is 0.0771. The third-order valence-corrected chi connectivity index (χ3v) is 11.0. The second kappa shape index (κ2) is 21.5. The summed E-state index contributed by atoms with van der Waals surface area (Å²) in [6, 6.07) is 30.1. The predicted molar refractivity (Wildman–Crippen MR) is 275 cm³/mol. The summed E-state index contributed by atoms with van der Waals surface area (Å²) in [4.78, 5) is 36.1. The zero-order valence-corrected chi connectivity index (χ0v) is 42.2. The minimum atomic E-state index is -0.522. The second-order valence-corrected chi connectivity index (χ2v) is 20.5. The standard InChI is InChI=1S/C15H19N3O2S.C14H16BrNO2.C14H17NO2.C10H10/c1-15(2,3)20-14(19)18-7-6-11-8-10(4-5-12(11)18)9-21-13(16)17;1-14(2,3)18-13(17)16-7-6-11-8-10(9-15)4-5-12(11)16;1-10-5-6-12-11(9-10)7-8-15(12)13(16)17-14(2,3)4;1-8-5-6-9-3-2-4-10(9)7-8/h4-8H,9H2,1-3H3,(H3,16,17);4-8H,9H2,1-3H3;5-9H,1-4H3;2,4-7H,3H2,1H3. The molecule has 1 aliphatic carbocycles. The number of ether oxygens (including phenoxy) is 3. The van der Waals surface area contributed by atoms with Crippen molar-refractivity contribution in [1.29, 1.82) is 5.41 Å². The molecule has 0 aliphatic heterocycles. The Balaban J connectivity index is 0.000000169. The monoisotopic (exact) mass is 975 g/mol. The van der Waals surface area contributed by atoms with Crippen molar-refractivity contribution in [2.75, 3.05) is 0 Å². The van der Waals surface area contributed by atoms with Crippen molar-refractivity contribution in [1.82, 2.24) is 13.7 Å². The molecule has 0 saturated heterocycles. The molecule has 3 heterocycles. The number of amidine groups is 1. The van der Waals surface area contributed by atoms with E-state index in [0.29, 0.717) is 5.75 Å². The van der Waals surface area contributed by atoms with E-state index in [1.54, 1.807) is 27.7 Å². The average Bonchev–Trinajstić information content (AvgIpc) is 4.04. The molecule has 0 amide bonds. The fraction of sp³-hybridized carbons (Fsp3) is 0.321. The third-order valence-electron chi connectivity index (χ3n) is 9.61. The van der Waals surface area contributed by atoms with Crippen molar-refractivity contribution >= 4 is 89.9 Å². The Labute approximate surface area is 400 Å². The van der Waals surface area contributed by atoms with Crippen LogP contribution in [-0.4, -0.2) is 54.0 Å². The Hall–Kier alpha value is -6.05. The number of benzene rings is 4. The summed E-state index contributed by atoms with van der Waals surface area (Å²) in [6.07, 6.45) is 9.67. The number of hydrogen-bond donors (Lipinski definition) is 2. The first-order valence-corrected chi connectivity index (χ1v) is 23.8. The summed E-state index contributed by atoms with van der Waals surface area (Å²) in [5, 5.41) is 11.2. The molecule has 11 nitrogen and oxygen atoms in total. The van der Waals surface area contributed by atoms with Gasteiger partial charge in [0.1, 0.15) is 16.8 Å². The van der Waals surface area contributed by atoms with Crippen LogP contribution in [0.15, 0.2) is 116 Å². The van der Waals surface area contributed by atoms with E-state index < -0.39 is 16.8 Å². The number of carbonyl (C=O) groups excluding carboxylic acids is 3. The minimum Gasteiger partial charge on any atom is -0.443 e. The van der Waals surface area contributed by atoms with Crippen molar-refractivity contribution in [2.24, 2.45) is 5.73 Å². The topological polar surface area (TPSA) is 144 Å². The number of fused-ring (bicyclic) bond motifs is 4. The second-order valence-electron chi connectivity index (χ2n) is 18.9. The lowest BCUT2D eigenvalue weighted by Crippen LogP contribution is -2.26. The van der Waals surface area contributed by atoms with Gasteiger partial charge in [-0.2, -0.15) is 0 Å². The van der Waals surface area contributed by atoms with Crippen LogP contribution < -0.4 is 5.73 Å². The van der Waals surface area contributed by atoms with Crippen LogP contribution in [0.1, 0.15) is 95.7 Å². The van der Waals surface area contributed by atoms with Gasteiger partial charge in [-0.15, -0.1) is 0 Å². The van der Waals surface area contributed by atoms with Gasteiger partial charge in [-0.3, -0.25) is 19.1 Å². The fourth-order valence-corrected chi connectivity index (χ4v) is 7.61. The Kier molecular flexibility index (Phi) is 16.6. The van der Waals surface area contributed by atoms with E-state index in [0.717, 1.165) is 50.0 Å². The molecule has 1 aliphatic rings. The van der Waals surface area contributed by atoms with Gasteiger partial charge >= 0.3 is 18.3 Å². The number of rotatable bonds is 3. The number of aromatic nitrogens is 3. The molecule has 348 valence electrons. The van der Waals surface area contributed by atoms with Gasteiger partial charge < -0.3 is 19.9 Å². The smallest absolute Gasteiger partial charge is 0.418 e. The largest absolute Gasteiger partial charge is 0.443 e. The van der Waals surface area contributed by atoms with Crippen LogP contribution in [0.4, 0.5) is 14.4 Å². The zero-order chi connectivity index (χ0) is 48.6. The summed E-state index contributed by atoms with van der Waals surface area (Å²) >= 11 is 4.70. The van der Waals surface area contributed by atoms with E-state index in [1.807, 2.05) is 130 Å². The van der Waals surface area contributed by atoms with Crippen LogP contribution in [0.5, 0.6) is 0 Å². The predicted octanol–water partition coefficient (Wildman–Crippen LogP) is 14.2. The molecule has 4 aromatic carbocycles. The van der Waals surface area contributed by atoms with Crippen molar-refractivity contribution < 1.29 is 28.6 Å². The molecule has 0 unspecified atom stereocenters. The van der Waals surface area contributed by atoms with Gasteiger partial charge in [0, 0.05) is 45.8 Å². The van der Waals surface area contributed by atoms with Gasteiger partial charge in [-0.1, -0.05) is 87.4 Å². The summed E-state index contributed by atoms with van der Waals surface area (Å²) in [5.74, 6) is 0.642. The Morgan fingerprint density at radius 2 is 1.02 bits per heavy atom. The molecule has 0 spiro atoms. The zero-order valence-electron chi connectivity index (χ0n) is 39.8. The molecule has 0 radical (unpaired) electrons. The average molecular weight is 977 g/mol. The van der Waals surface area contributed by atoms with Crippen LogP contribution in [0.3, 0.4) is 0 Å². The Morgan fingerprint density at radius 1 is 0.606 bits per heavy atom. The number of halogens is 1. The molecule has 0 fully saturated rings. The molecule has 0 saturated carbocycles. The maximum absolute atomic E-state index is 12.1. The normalized spacial score (nSPS) is 12.0. The summed E-state index contributed by atoms with van der Waals surface area (Å²) in [6.45, 7) is 20.9. The van der Waals surface area contributed by atoms with Gasteiger partial charge in [-0.05, 0) is 159 Å². The minimum absolute atomic E-state index is 0.0985. The van der Waals surface area contributed by atoms with E-state index in [2.05, 4.69) is 65.3 Å². The summed E-state index contributed by atoms with van der Waals surface area (Å²) in [7, 11) is 0. The SMILES string of the molecule is CC(C)(C)OC(=O)n1ccc2cc(CBr)ccc21.CC(C)(C)OC(=O)n1ccc2cc(CSC(=N)N)ccc21.Cc1ccc2c(c1)C=CC2.Cc1ccc2c(ccn2C(=O)OC(C)(C)C)c1. The number of nitrogens with two attached hydrogens (primary N) is 1. The van der Waals surface area contributed by atoms with Crippen LogP contribution in [-0.2, 0) is 31.7 Å². The van der Waals surface area contributed by atoms with Crippen molar-refractivity contribution in [2.45, 2.75) is 110 Å². The third kappa shape index (κ3) is 14.7. The number of nitrogens with one attached hydrogen (secondary N) is 1. The van der Waals surface area contributed by atoms with E-state index in [-0.39, 0.29) is 23.4 Å². The van der Waals surface area contributed by atoms with Crippen LogP contribution in [0.25, 0.3) is 38.8 Å². The number of alkyl halides is 1. The van der Waals surface area contributed by atoms with E-state index in [1.165, 1.54) is 44.1 Å². The first-order chi connectivity index (χ1) is 30.9. The highest BCUT2D eigenvalue weighted by molar-refractivity contribution is 9.08. The lowest BCUT2D eigenvalue weighted by Gasteiger charge is -2.19. The maximum atomic E-state index is 12.1. The highest BCUT2D eigenvalue weighted by Gasteiger charge is 2.21. The Bertz CT molecular complexity index is 2880. The van der Waals surface area contributed by atoms with Crippen LogP contribution >= 0.6 is 27.7 Å². The van der Waals surface area contributed by atoms with Gasteiger partial charge in [-0.25, -0.2) is 14.4 Å². The van der Waals surface area contributed by atoms with Gasteiger partial charge in [0.25, 0.3) is 0 Å². The molecule has 0 bridgehead atoms. The molecule has 0 atom stereocenters. The van der Waals surface area contributed by atoms with Gasteiger partial charge in [0.2, 0.25) is 0 Å². The number of aryl methyl sites for hydroxylation is 2. The molecule has 13 heteroatoms. The maximum Gasteiger partial charge on any atom is 0.418 e.